The van der Waals surface area contributed by atoms with Crippen LogP contribution in [-0.2, 0) is 4.74 Å². The molecule has 0 aliphatic rings. The van der Waals surface area contributed by atoms with E-state index < -0.39 is 5.76 Å². The van der Waals surface area contributed by atoms with E-state index in [9.17, 15) is 8.78 Å². The molecule has 0 saturated heterocycles. The van der Waals surface area contributed by atoms with Gasteiger partial charge in [0.2, 0.25) is 11.9 Å². The molecule has 0 spiro atoms. The molecule has 1 rings (SSSR count). The van der Waals surface area contributed by atoms with Crippen LogP contribution >= 0.6 is 11.8 Å². The molecule has 0 saturated carbocycles. The third kappa shape index (κ3) is 6.48. The van der Waals surface area contributed by atoms with Gasteiger partial charge in [-0.05, 0) is 25.1 Å². The summed E-state index contributed by atoms with van der Waals surface area (Å²) >= 11 is 0.296. The Hall–Kier alpha value is -1.22. The van der Waals surface area contributed by atoms with Crippen molar-refractivity contribution in [2.45, 2.75) is 24.3 Å². The van der Waals surface area contributed by atoms with E-state index in [1.807, 2.05) is 6.92 Å². The maximum absolute atomic E-state index is 12.3. The molecule has 108 valence electrons. The number of anilines is 2. The molecular formula is C10H17F2N5OS. The van der Waals surface area contributed by atoms with E-state index in [1.165, 1.54) is 0 Å². The molecule has 0 atom stereocenters. The molecule has 0 fully saturated rings. The Bertz CT molecular complexity index is 383. The summed E-state index contributed by atoms with van der Waals surface area (Å²) in [5, 5.41) is 5.82. The highest BCUT2D eigenvalue weighted by Gasteiger charge is 2.11. The molecule has 0 amide bonds. The highest BCUT2D eigenvalue weighted by atomic mass is 32.2. The Morgan fingerprint density at radius 2 is 1.89 bits per heavy atom. The van der Waals surface area contributed by atoms with Crippen molar-refractivity contribution in [1.82, 2.24) is 15.0 Å². The zero-order valence-electron chi connectivity index (χ0n) is 10.8. The number of alkyl halides is 2. The summed E-state index contributed by atoms with van der Waals surface area (Å²) in [6, 6.07) is 0. The Morgan fingerprint density at radius 3 is 2.47 bits per heavy atom. The Labute approximate surface area is 114 Å². The lowest BCUT2D eigenvalue weighted by Gasteiger charge is -2.08. The van der Waals surface area contributed by atoms with Crippen molar-refractivity contribution < 1.29 is 13.5 Å². The Kier molecular flexibility index (Phi) is 7.34. The van der Waals surface area contributed by atoms with Crippen LogP contribution in [0.4, 0.5) is 20.7 Å². The van der Waals surface area contributed by atoms with E-state index in [0.29, 0.717) is 31.5 Å². The molecule has 1 heterocycles. The number of hydrogen-bond donors (Lipinski definition) is 2. The van der Waals surface area contributed by atoms with Crippen LogP contribution < -0.4 is 10.6 Å². The van der Waals surface area contributed by atoms with Gasteiger partial charge in [0, 0.05) is 26.8 Å². The molecule has 0 unspecified atom stereocenters. The van der Waals surface area contributed by atoms with Gasteiger partial charge in [-0.2, -0.15) is 23.7 Å². The zero-order chi connectivity index (χ0) is 14.1. The van der Waals surface area contributed by atoms with Crippen molar-refractivity contribution >= 4 is 23.7 Å². The number of nitrogens with one attached hydrogen (secondary N) is 2. The monoisotopic (exact) mass is 293 g/mol. The summed E-state index contributed by atoms with van der Waals surface area (Å²) in [6.45, 7) is 3.68. The van der Waals surface area contributed by atoms with Crippen molar-refractivity contribution in [2.75, 3.05) is 37.4 Å². The first-order chi connectivity index (χ1) is 9.15. The van der Waals surface area contributed by atoms with E-state index in [-0.39, 0.29) is 17.1 Å². The molecular weight excluding hydrogens is 276 g/mol. The maximum atomic E-state index is 12.3. The van der Waals surface area contributed by atoms with Crippen molar-refractivity contribution in [2.24, 2.45) is 0 Å². The van der Waals surface area contributed by atoms with Crippen LogP contribution in [0.2, 0.25) is 0 Å². The smallest absolute Gasteiger partial charge is 0.291 e. The predicted octanol–water partition coefficient (Wildman–Crippen LogP) is 2.07. The lowest BCUT2D eigenvalue weighted by molar-refractivity contribution is 0.197. The largest absolute Gasteiger partial charge is 0.385 e. The number of halogens is 2. The molecule has 0 aromatic carbocycles. The molecule has 0 aliphatic carbocycles. The van der Waals surface area contributed by atoms with Crippen LogP contribution in [0.15, 0.2) is 5.16 Å². The van der Waals surface area contributed by atoms with Gasteiger partial charge < -0.3 is 15.4 Å². The molecule has 19 heavy (non-hydrogen) atoms. The average molecular weight is 293 g/mol. The summed E-state index contributed by atoms with van der Waals surface area (Å²) in [5.41, 5.74) is 0. The zero-order valence-corrected chi connectivity index (χ0v) is 11.6. The minimum atomic E-state index is -2.56. The summed E-state index contributed by atoms with van der Waals surface area (Å²) < 4.78 is 29.6. The Balaban J connectivity index is 2.68. The lowest BCUT2D eigenvalue weighted by atomic mass is 10.4. The topological polar surface area (TPSA) is 72.0 Å². The number of aromatic nitrogens is 3. The van der Waals surface area contributed by atoms with Crippen LogP contribution in [0, 0.1) is 0 Å². The normalized spacial score (nSPS) is 10.8. The van der Waals surface area contributed by atoms with Crippen molar-refractivity contribution in [3.05, 3.63) is 0 Å². The standard InChI is InChI=1S/C10H17F2N5OS/c1-3-13-8-15-9(14-5-4-6-18-2)17-10(16-8)19-7(11)12/h7H,3-6H2,1-2H3,(H2,13,14,15,16,17). The van der Waals surface area contributed by atoms with Gasteiger partial charge in [-0.3, -0.25) is 0 Å². The highest BCUT2D eigenvalue weighted by molar-refractivity contribution is 7.99. The number of nitrogens with zero attached hydrogens (tertiary/aromatic N) is 3. The number of methoxy groups -OCH3 is 1. The van der Waals surface area contributed by atoms with E-state index in [0.717, 1.165) is 6.42 Å². The number of hydrogen-bond acceptors (Lipinski definition) is 7. The summed E-state index contributed by atoms with van der Waals surface area (Å²) in [6.07, 6.45) is 0.774. The fourth-order valence-corrected chi connectivity index (χ4v) is 1.66. The first-order valence-corrected chi connectivity index (χ1v) is 6.71. The molecule has 9 heteroatoms. The summed E-state index contributed by atoms with van der Waals surface area (Å²) in [5.74, 6) is -1.99. The second-order valence-electron chi connectivity index (χ2n) is 3.45. The molecule has 0 radical (unpaired) electrons. The second-order valence-corrected chi connectivity index (χ2v) is 4.40. The predicted molar refractivity (Wildman–Crippen MR) is 70.8 cm³/mol. The third-order valence-corrected chi connectivity index (χ3v) is 2.52. The van der Waals surface area contributed by atoms with Gasteiger partial charge in [-0.25, -0.2) is 0 Å². The van der Waals surface area contributed by atoms with Gasteiger partial charge in [0.1, 0.15) is 0 Å². The van der Waals surface area contributed by atoms with E-state index in [1.54, 1.807) is 7.11 Å². The van der Waals surface area contributed by atoms with Gasteiger partial charge >= 0.3 is 0 Å². The molecule has 0 aliphatic heterocycles. The van der Waals surface area contributed by atoms with Crippen LogP contribution in [0.25, 0.3) is 0 Å². The summed E-state index contributed by atoms with van der Waals surface area (Å²) in [4.78, 5) is 11.9. The first kappa shape index (κ1) is 15.8. The van der Waals surface area contributed by atoms with Crippen molar-refractivity contribution in [1.29, 1.82) is 0 Å². The van der Waals surface area contributed by atoms with E-state index in [4.69, 9.17) is 4.74 Å². The molecule has 6 nitrogen and oxygen atoms in total. The number of ether oxygens (including phenoxy) is 1. The lowest BCUT2D eigenvalue weighted by Crippen LogP contribution is -2.11. The van der Waals surface area contributed by atoms with Gasteiger partial charge in [-0.15, -0.1) is 0 Å². The van der Waals surface area contributed by atoms with E-state index >= 15 is 0 Å². The van der Waals surface area contributed by atoms with Crippen LogP contribution in [-0.4, -0.2) is 47.5 Å². The SMILES string of the molecule is CCNc1nc(NCCCOC)nc(SC(F)F)n1. The average Bonchev–Trinajstić information content (AvgIpc) is 2.34. The van der Waals surface area contributed by atoms with Crippen molar-refractivity contribution in [3.8, 4) is 0 Å². The van der Waals surface area contributed by atoms with Gasteiger partial charge in [0.05, 0.1) is 0 Å². The second kappa shape index (κ2) is 8.81. The highest BCUT2D eigenvalue weighted by Crippen LogP contribution is 2.23. The molecule has 1 aromatic rings. The Morgan fingerprint density at radius 1 is 1.21 bits per heavy atom. The number of rotatable bonds is 9. The van der Waals surface area contributed by atoms with Crippen LogP contribution in [0.1, 0.15) is 13.3 Å². The summed E-state index contributed by atoms with van der Waals surface area (Å²) in [7, 11) is 1.61. The van der Waals surface area contributed by atoms with Crippen LogP contribution in [0.3, 0.4) is 0 Å². The minimum Gasteiger partial charge on any atom is -0.385 e. The molecule has 2 N–H and O–H groups in total. The van der Waals surface area contributed by atoms with E-state index in [2.05, 4.69) is 25.6 Å². The number of thioether (sulfide) groups is 1. The van der Waals surface area contributed by atoms with Gasteiger partial charge in [-0.1, -0.05) is 0 Å². The minimum absolute atomic E-state index is 0.00445. The third-order valence-electron chi connectivity index (χ3n) is 1.95. The van der Waals surface area contributed by atoms with Crippen LogP contribution in [0.5, 0.6) is 0 Å². The maximum Gasteiger partial charge on any atom is 0.291 e. The fourth-order valence-electron chi connectivity index (χ4n) is 1.22. The molecule has 1 aromatic heterocycles. The molecule has 0 bridgehead atoms. The fraction of sp³-hybridized carbons (Fsp3) is 0.700. The van der Waals surface area contributed by atoms with Gasteiger partial charge in [0.15, 0.2) is 5.16 Å². The van der Waals surface area contributed by atoms with Gasteiger partial charge in [0.25, 0.3) is 5.76 Å². The van der Waals surface area contributed by atoms with Crippen molar-refractivity contribution in [3.63, 3.8) is 0 Å². The quantitative estimate of drug-likeness (QED) is 0.533. The first-order valence-electron chi connectivity index (χ1n) is 5.83.